The number of hydrogen-bond acceptors (Lipinski definition) is 6. The lowest BCUT2D eigenvalue weighted by Gasteiger charge is -2.05. The number of halogens is 1. The molecule has 7 heteroatoms. The molecule has 124 valence electrons. The second kappa shape index (κ2) is 7.16. The Morgan fingerprint density at radius 1 is 1.12 bits per heavy atom. The van der Waals surface area contributed by atoms with Gasteiger partial charge in [0.15, 0.2) is 0 Å². The SMILES string of the molecule is Cc1cnc(NCCCc2nc(-c3ccc(F)cc3)no2)nc1C. The molecule has 2 aromatic heterocycles. The molecule has 0 spiro atoms. The van der Waals surface area contributed by atoms with E-state index in [-0.39, 0.29) is 5.82 Å². The van der Waals surface area contributed by atoms with Crippen LogP contribution in [-0.4, -0.2) is 26.7 Å². The van der Waals surface area contributed by atoms with E-state index in [0.29, 0.717) is 30.6 Å². The quantitative estimate of drug-likeness (QED) is 0.700. The second-order valence-corrected chi connectivity index (χ2v) is 5.51. The van der Waals surface area contributed by atoms with E-state index in [1.165, 1.54) is 12.1 Å². The summed E-state index contributed by atoms with van der Waals surface area (Å²) in [6, 6.07) is 6.00. The third-order valence-corrected chi connectivity index (χ3v) is 3.65. The van der Waals surface area contributed by atoms with Crippen molar-refractivity contribution in [2.75, 3.05) is 11.9 Å². The van der Waals surface area contributed by atoms with Gasteiger partial charge in [0.05, 0.1) is 0 Å². The number of nitrogens with zero attached hydrogens (tertiary/aromatic N) is 4. The fourth-order valence-electron chi connectivity index (χ4n) is 2.12. The first-order valence-corrected chi connectivity index (χ1v) is 7.74. The zero-order chi connectivity index (χ0) is 16.9. The van der Waals surface area contributed by atoms with Gasteiger partial charge in [-0.3, -0.25) is 0 Å². The Kier molecular flexibility index (Phi) is 4.79. The lowest BCUT2D eigenvalue weighted by atomic mass is 10.2. The van der Waals surface area contributed by atoms with Crippen LogP contribution in [0.4, 0.5) is 10.3 Å². The Bertz CT molecular complexity index is 816. The van der Waals surface area contributed by atoms with Crippen LogP contribution in [0, 0.1) is 19.7 Å². The molecule has 24 heavy (non-hydrogen) atoms. The summed E-state index contributed by atoms with van der Waals surface area (Å²) in [4.78, 5) is 12.9. The minimum absolute atomic E-state index is 0.290. The van der Waals surface area contributed by atoms with E-state index < -0.39 is 0 Å². The molecule has 0 amide bonds. The lowest BCUT2D eigenvalue weighted by molar-refractivity contribution is 0.377. The Hall–Kier alpha value is -2.83. The highest BCUT2D eigenvalue weighted by Gasteiger charge is 2.08. The van der Waals surface area contributed by atoms with E-state index in [9.17, 15) is 4.39 Å². The molecule has 1 N–H and O–H groups in total. The van der Waals surface area contributed by atoms with E-state index in [1.54, 1.807) is 18.3 Å². The van der Waals surface area contributed by atoms with Crippen molar-refractivity contribution in [2.45, 2.75) is 26.7 Å². The van der Waals surface area contributed by atoms with E-state index in [1.807, 2.05) is 13.8 Å². The van der Waals surface area contributed by atoms with Crippen molar-refractivity contribution in [3.8, 4) is 11.4 Å². The van der Waals surface area contributed by atoms with Crippen LogP contribution in [0.2, 0.25) is 0 Å². The molecule has 0 radical (unpaired) electrons. The van der Waals surface area contributed by atoms with Crippen LogP contribution in [0.5, 0.6) is 0 Å². The number of nitrogens with one attached hydrogen (secondary N) is 1. The van der Waals surface area contributed by atoms with Crippen LogP contribution in [0.25, 0.3) is 11.4 Å². The molecule has 0 unspecified atom stereocenters. The molecular weight excluding hydrogens is 309 g/mol. The van der Waals surface area contributed by atoms with E-state index in [4.69, 9.17) is 4.52 Å². The maximum Gasteiger partial charge on any atom is 0.227 e. The van der Waals surface area contributed by atoms with Gasteiger partial charge in [-0.15, -0.1) is 0 Å². The number of rotatable bonds is 6. The van der Waals surface area contributed by atoms with Crippen molar-refractivity contribution in [1.82, 2.24) is 20.1 Å². The average molecular weight is 327 g/mol. The zero-order valence-electron chi connectivity index (χ0n) is 13.6. The lowest BCUT2D eigenvalue weighted by Crippen LogP contribution is -2.07. The highest BCUT2D eigenvalue weighted by Crippen LogP contribution is 2.16. The van der Waals surface area contributed by atoms with Gasteiger partial charge in [-0.1, -0.05) is 5.16 Å². The summed E-state index contributed by atoms with van der Waals surface area (Å²) in [5, 5.41) is 7.09. The minimum Gasteiger partial charge on any atom is -0.354 e. The zero-order valence-corrected chi connectivity index (χ0v) is 13.6. The highest BCUT2D eigenvalue weighted by molar-refractivity contribution is 5.53. The minimum atomic E-state index is -0.290. The van der Waals surface area contributed by atoms with E-state index in [2.05, 4.69) is 25.4 Å². The average Bonchev–Trinajstić information content (AvgIpc) is 3.04. The first-order valence-electron chi connectivity index (χ1n) is 7.74. The van der Waals surface area contributed by atoms with Crippen molar-refractivity contribution in [2.24, 2.45) is 0 Å². The first-order chi connectivity index (χ1) is 11.6. The molecule has 0 saturated heterocycles. The Labute approximate surface area is 139 Å². The molecule has 2 heterocycles. The predicted octanol–water partition coefficient (Wildman–Crippen LogP) is 3.33. The van der Waals surface area contributed by atoms with Crippen LogP contribution in [0.1, 0.15) is 23.6 Å². The number of aromatic nitrogens is 4. The van der Waals surface area contributed by atoms with Gasteiger partial charge in [-0.25, -0.2) is 14.4 Å². The van der Waals surface area contributed by atoms with Gasteiger partial charge in [0.2, 0.25) is 17.7 Å². The molecule has 0 fully saturated rings. The van der Waals surface area contributed by atoms with Crippen molar-refractivity contribution < 1.29 is 8.91 Å². The van der Waals surface area contributed by atoms with Crippen LogP contribution in [-0.2, 0) is 6.42 Å². The summed E-state index contributed by atoms with van der Waals surface area (Å²) >= 11 is 0. The fraction of sp³-hybridized carbons (Fsp3) is 0.294. The third kappa shape index (κ3) is 3.92. The summed E-state index contributed by atoms with van der Waals surface area (Å²) in [7, 11) is 0. The normalized spacial score (nSPS) is 10.8. The molecule has 3 aromatic rings. The van der Waals surface area contributed by atoms with Crippen molar-refractivity contribution in [3.63, 3.8) is 0 Å². The van der Waals surface area contributed by atoms with Gasteiger partial charge in [0, 0.05) is 30.4 Å². The predicted molar refractivity (Wildman–Crippen MR) is 88.0 cm³/mol. The molecule has 0 saturated carbocycles. The largest absolute Gasteiger partial charge is 0.354 e. The fourth-order valence-corrected chi connectivity index (χ4v) is 2.12. The molecule has 0 bridgehead atoms. The van der Waals surface area contributed by atoms with Crippen LogP contribution in [0.15, 0.2) is 35.0 Å². The van der Waals surface area contributed by atoms with Crippen LogP contribution in [0.3, 0.4) is 0 Å². The van der Waals surface area contributed by atoms with Gasteiger partial charge < -0.3 is 9.84 Å². The van der Waals surface area contributed by atoms with E-state index >= 15 is 0 Å². The number of benzene rings is 1. The van der Waals surface area contributed by atoms with Crippen molar-refractivity contribution in [1.29, 1.82) is 0 Å². The smallest absolute Gasteiger partial charge is 0.227 e. The number of hydrogen-bond donors (Lipinski definition) is 1. The molecule has 6 nitrogen and oxygen atoms in total. The Morgan fingerprint density at radius 2 is 1.92 bits per heavy atom. The molecule has 3 rings (SSSR count). The number of aryl methyl sites for hydroxylation is 3. The van der Waals surface area contributed by atoms with E-state index in [0.717, 1.165) is 23.2 Å². The topological polar surface area (TPSA) is 76.7 Å². The monoisotopic (exact) mass is 327 g/mol. The van der Waals surface area contributed by atoms with Gasteiger partial charge in [0.25, 0.3) is 0 Å². The van der Waals surface area contributed by atoms with Crippen molar-refractivity contribution >= 4 is 5.95 Å². The Balaban J connectivity index is 1.50. The Morgan fingerprint density at radius 3 is 2.67 bits per heavy atom. The molecule has 0 atom stereocenters. The van der Waals surface area contributed by atoms with Crippen molar-refractivity contribution in [3.05, 3.63) is 53.4 Å². The van der Waals surface area contributed by atoms with Gasteiger partial charge in [0.1, 0.15) is 5.82 Å². The standard InChI is InChI=1S/C17H18FN5O/c1-11-10-20-17(21-12(11)2)19-9-3-4-15-22-16(23-24-15)13-5-7-14(18)8-6-13/h5-8,10H,3-4,9H2,1-2H3,(H,19,20,21). The third-order valence-electron chi connectivity index (χ3n) is 3.65. The van der Waals surface area contributed by atoms with Crippen LogP contribution >= 0.6 is 0 Å². The van der Waals surface area contributed by atoms with Gasteiger partial charge >= 0.3 is 0 Å². The summed E-state index contributed by atoms with van der Waals surface area (Å²) < 4.78 is 18.1. The summed E-state index contributed by atoms with van der Waals surface area (Å²) in [6.07, 6.45) is 3.25. The molecule has 0 aliphatic carbocycles. The first kappa shape index (κ1) is 16.0. The molecular formula is C17H18FN5O. The maximum absolute atomic E-state index is 12.9. The van der Waals surface area contributed by atoms with Crippen LogP contribution < -0.4 is 5.32 Å². The van der Waals surface area contributed by atoms with Gasteiger partial charge in [-0.2, -0.15) is 4.98 Å². The summed E-state index contributed by atoms with van der Waals surface area (Å²) in [5.41, 5.74) is 2.76. The summed E-state index contributed by atoms with van der Waals surface area (Å²) in [5.74, 6) is 1.35. The molecule has 0 aliphatic rings. The molecule has 0 aliphatic heterocycles. The van der Waals surface area contributed by atoms with Gasteiger partial charge in [-0.05, 0) is 50.1 Å². The highest BCUT2D eigenvalue weighted by atomic mass is 19.1. The summed E-state index contributed by atoms with van der Waals surface area (Å²) in [6.45, 7) is 4.64. The molecule has 1 aromatic carbocycles. The number of anilines is 1. The maximum atomic E-state index is 12.9. The second-order valence-electron chi connectivity index (χ2n) is 5.51.